The fourth-order valence-electron chi connectivity index (χ4n) is 6.23. The van der Waals surface area contributed by atoms with Crippen LogP contribution in [0.1, 0.15) is 46.6 Å². The van der Waals surface area contributed by atoms with Crippen molar-refractivity contribution in [1.29, 1.82) is 0 Å². The minimum absolute atomic E-state index is 0.0615. The first-order chi connectivity index (χ1) is 20.8. The predicted molar refractivity (Wildman–Crippen MR) is 157 cm³/mol. The Bertz CT molecular complexity index is 1820. The molecule has 0 spiro atoms. The van der Waals surface area contributed by atoms with Gasteiger partial charge in [-0.25, -0.2) is 4.68 Å². The lowest BCUT2D eigenvalue weighted by Crippen LogP contribution is -2.32. The fraction of sp³-hybridized carbons (Fsp3) is 0.281. The quantitative estimate of drug-likeness (QED) is 0.254. The van der Waals surface area contributed by atoms with Gasteiger partial charge < -0.3 is 15.2 Å². The maximum Gasteiger partial charge on any atom is 0.435 e. The van der Waals surface area contributed by atoms with Crippen molar-refractivity contribution < 1.29 is 22.5 Å². The van der Waals surface area contributed by atoms with Crippen LogP contribution in [0.25, 0.3) is 27.8 Å². The summed E-state index contributed by atoms with van der Waals surface area (Å²) in [6.07, 6.45) is -1.88. The molecule has 2 aromatic heterocycles. The molecule has 2 aliphatic rings. The molecule has 5 aromatic rings. The molecule has 0 unspecified atom stereocenters. The van der Waals surface area contributed by atoms with Crippen LogP contribution in [0.5, 0.6) is 0 Å². The second-order valence-electron chi connectivity index (χ2n) is 11.1. The van der Waals surface area contributed by atoms with Crippen molar-refractivity contribution in [3.05, 3.63) is 89.2 Å². The Morgan fingerprint density at radius 1 is 0.907 bits per heavy atom. The van der Waals surface area contributed by atoms with Gasteiger partial charge in [-0.05, 0) is 85.8 Å². The summed E-state index contributed by atoms with van der Waals surface area (Å²) in [4.78, 5) is 18.1. The largest absolute Gasteiger partial charge is 0.435 e. The van der Waals surface area contributed by atoms with Crippen LogP contribution >= 0.6 is 0 Å². The van der Waals surface area contributed by atoms with E-state index in [4.69, 9.17) is 10.3 Å². The zero-order valence-electron chi connectivity index (χ0n) is 23.3. The number of benzene rings is 3. The van der Waals surface area contributed by atoms with Crippen LogP contribution in [0.4, 0.5) is 24.7 Å². The highest BCUT2D eigenvalue weighted by Crippen LogP contribution is 2.38. The molecule has 1 amide bonds. The SMILES string of the molecule is Nc1noc2ccc(-n3nc(C(F)(F)F)c4c3C(=O)N(c3ccc(-c5ccccc5CN5CCCC5)cc3)CCC4)cc12. The van der Waals surface area contributed by atoms with Gasteiger partial charge in [-0.2, -0.15) is 18.3 Å². The molecule has 0 saturated carbocycles. The lowest BCUT2D eigenvalue weighted by molar-refractivity contribution is -0.141. The number of likely N-dealkylation sites (tertiary alicyclic amines) is 1. The maximum atomic E-state index is 14.2. The van der Waals surface area contributed by atoms with Crippen molar-refractivity contribution in [3.8, 4) is 16.8 Å². The number of nitrogens with two attached hydrogens (primary N) is 1. The Hall–Kier alpha value is -4.64. The van der Waals surface area contributed by atoms with Crippen LogP contribution in [-0.2, 0) is 19.1 Å². The average molecular weight is 587 g/mol. The Kier molecular flexibility index (Phi) is 6.69. The molecule has 4 heterocycles. The van der Waals surface area contributed by atoms with Gasteiger partial charge in [0.25, 0.3) is 5.91 Å². The van der Waals surface area contributed by atoms with Crippen molar-refractivity contribution >= 4 is 28.4 Å². The van der Waals surface area contributed by atoms with Crippen molar-refractivity contribution in [3.63, 3.8) is 0 Å². The van der Waals surface area contributed by atoms with E-state index in [0.29, 0.717) is 23.1 Å². The molecule has 220 valence electrons. The van der Waals surface area contributed by atoms with Crippen LogP contribution in [-0.4, -0.2) is 45.4 Å². The Labute approximate surface area is 245 Å². The third-order valence-corrected chi connectivity index (χ3v) is 8.33. The molecule has 11 heteroatoms. The number of alkyl halides is 3. The van der Waals surface area contributed by atoms with Crippen molar-refractivity contribution in [2.45, 2.75) is 38.4 Å². The minimum atomic E-state index is -4.73. The summed E-state index contributed by atoms with van der Waals surface area (Å²) >= 11 is 0. The van der Waals surface area contributed by atoms with E-state index < -0.39 is 17.8 Å². The number of hydrogen-bond acceptors (Lipinski definition) is 6. The zero-order valence-corrected chi connectivity index (χ0v) is 23.3. The number of nitrogens with zero attached hydrogens (tertiary/aromatic N) is 5. The van der Waals surface area contributed by atoms with E-state index in [0.717, 1.165) is 35.4 Å². The monoisotopic (exact) mass is 586 g/mol. The molecule has 7 rings (SSSR count). The molecule has 1 saturated heterocycles. The summed E-state index contributed by atoms with van der Waals surface area (Å²) in [7, 11) is 0. The molecule has 0 aliphatic carbocycles. The molecule has 0 radical (unpaired) electrons. The van der Waals surface area contributed by atoms with E-state index in [9.17, 15) is 18.0 Å². The van der Waals surface area contributed by atoms with Gasteiger partial charge in [0.1, 0.15) is 5.69 Å². The third-order valence-electron chi connectivity index (χ3n) is 8.33. The van der Waals surface area contributed by atoms with Gasteiger partial charge in [-0.3, -0.25) is 9.69 Å². The number of halogens is 3. The van der Waals surface area contributed by atoms with E-state index in [1.807, 2.05) is 36.4 Å². The highest BCUT2D eigenvalue weighted by atomic mass is 19.4. The summed E-state index contributed by atoms with van der Waals surface area (Å²) in [5.74, 6) is -0.447. The molecule has 1 fully saturated rings. The Morgan fingerprint density at radius 2 is 1.65 bits per heavy atom. The number of carbonyl (C=O) groups excluding carboxylic acids is 1. The van der Waals surface area contributed by atoms with Crippen LogP contribution in [0, 0.1) is 0 Å². The lowest BCUT2D eigenvalue weighted by Gasteiger charge is -2.22. The second kappa shape index (κ2) is 10.6. The van der Waals surface area contributed by atoms with E-state index >= 15 is 0 Å². The molecule has 0 bridgehead atoms. The molecule has 2 aliphatic heterocycles. The number of hydrogen-bond donors (Lipinski definition) is 1. The standard InChI is InChI=1S/C32H29F3N6O2/c33-32(34,35)29-25-8-5-17-40(31(42)28(25)41(37-29)23-13-14-27-26(18-23)30(36)38-43-27)22-11-9-20(10-12-22)24-7-2-1-6-21(24)19-39-15-3-4-16-39/h1-2,6-7,9-14,18H,3-5,8,15-17,19H2,(H2,36,38). The molecule has 2 N–H and O–H groups in total. The number of anilines is 2. The highest BCUT2D eigenvalue weighted by molar-refractivity contribution is 6.07. The van der Waals surface area contributed by atoms with Gasteiger partial charge in [0.05, 0.1) is 11.1 Å². The number of fused-ring (bicyclic) bond motifs is 2. The van der Waals surface area contributed by atoms with Crippen molar-refractivity contribution in [2.24, 2.45) is 0 Å². The average Bonchev–Trinajstić information content (AvgIpc) is 3.72. The van der Waals surface area contributed by atoms with Gasteiger partial charge in [-0.1, -0.05) is 41.6 Å². The van der Waals surface area contributed by atoms with Crippen LogP contribution in [0.3, 0.4) is 0 Å². The van der Waals surface area contributed by atoms with E-state index in [1.165, 1.54) is 35.4 Å². The van der Waals surface area contributed by atoms with Gasteiger partial charge in [0, 0.05) is 24.3 Å². The summed E-state index contributed by atoms with van der Waals surface area (Å²) in [5.41, 5.74) is 9.26. The molecule has 8 nitrogen and oxygen atoms in total. The summed E-state index contributed by atoms with van der Waals surface area (Å²) < 4.78 is 48.7. The maximum absolute atomic E-state index is 14.2. The number of carbonyl (C=O) groups is 1. The van der Waals surface area contributed by atoms with Crippen LogP contribution < -0.4 is 10.6 Å². The first-order valence-electron chi connectivity index (χ1n) is 14.3. The van der Waals surface area contributed by atoms with Gasteiger partial charge >= 0.3 is 6.18 Å². The van der Waals surface area contributed by atoms with Crippen molar-refractivity contribution in [2.75, 3.05) is 30.3 Å². The molecule has 0 atom stereocenters. The Morgan fingerprint density at radius 3 is 2.42 bits per heavy atom. The summed E-state index contributed by atoms with van der Waals surface area (Å²) in [5, 5.41) is 8.07. The first kappa shape index (κ1) is 27.2. The number of aromatic nitrogens is 3. The number of nitrogen functional groups attached to an aromatic ring is 1. The third kappa shape index (κ3) is 4.93. The summed E-state index contributed by atoms with van der Waals surface area (Å²) in [6.45, 7) is 3.34. The van der Waals surface area contributed by atoms with E-state index in [-0.39, 0.29) is 35.7 Å². The molecular formula is C32H29F3N6O2. The zero-order chi connectivity index (χ0) is 29.7. The topological polar surface area (TPSA) is 93.4 Å². The highest BCUT2D eigenvalue weighted by Gasteiger charge is 2.42. The van der Waals surface area contributed by atoms with Gasteiger partial charge in [0.2, 0.25) is 0 Å². The Balaban J connectivity index is 1.25. The fourth-order valence-corrected chi connectivity index (χ4v) is 6.23. The predicted octanol–water partition coefficient (Wildman–Crippen LogP) is 6.47. The number of rotatable bonds is 5. The minimum Gasteiger partial charge on any atom is -0.380 e. The van der Waals surface area contributed by atoms with Crippen LogP contribution in [0.15, 0.2) is 71.3 Å². The van der Waals surface area contributed by atoms with Crippen molar-refractivity contribution in [1.82, 2.24) is 19.8 Å². The lowest BCUT2D eigenvalue weighted by atomic mass is 9.99. The van der Waals surface area contributed by atoms with Gasteiger partial charge in [0.15, 0.2) is 17.1 Å². The normalized spacial score (nSPS) is 16.2. The summed E-state index contributed by atoms with van der Waals surface area (Å²) in [6, 6.07) is 20.6. The van der Waals surface area contributed by atoms with E-state index in [2.05, 4.69) is 27.3 Å². The van der Waals surface area contributed by atoms with Gasteiger partial charge in [-0.15, -0.1) is 0 Å². The first-order valence-corrected chi connectivity index (χ1v) is 14.3. The smallest absolute Gasteiger partial charge is 0.380 e. The number of amides is 1. The molecular weight excluding hydrogens is 557 g/mol. The molecule has 43 heavy (non-hydrogen) atoms. The van der Waals surface area contributed by atoms with Crippen LogP contribution in [0.2, 0.25) is 0 Å². The molecule has 3 aromatic carbocycles. The van der Waals surface area contributed by atoms with E-state index in [1.54, 1.807) is 6.07 Å². The second-order valence-corrected chi connectivity index (χ2v) is 11.1.